The molecule has 2 aromatic rings. The Bertz CT molecular complexity index is 571. The molecule has 0 atom stereocenters. The fourth-order valence-electron chi connectivity index (χ4n) is 1.96. The van der Waals surface area contributed by atoms with Crippen molar-refractivity contribution in [1.82, 2.24) is 9.88 Å². The number of benzene rings is 1. The summed E-state index contributed by atoms with van der Waals surface area (Å²) in [6.45, 7) is 3.19. The van der Waals surface area contributed by atoms with E-state index in [9.17, 15) is 4.79 Å². The third kappa shape index (κ3) is 3.33. The summed E-state index contributed by atoms with van der Waals surface area (Å²) in [5.41, 5.74) is 4.13. The van der Waals surface area contributed by atoms with Gasteiger partial charge >= 0.3 is 0 Å². The van der Waals surface area contributed by atoms with Crippen LogP contribution >= 0.6 is 0 Å². The average Bonchev–Trinajstić information content (AvgIpc) is 2.53. The van der Waals surface area contributed by atoms with E-state index >= 15 is 0 Å². The van der Waals surface area contributed by atoms with Gasteiger partial charge in [0.15, 0.2) is 0 Å². The highest BCUT2D eigenvalue weighted by molar-refractivity contribution is 5.94. The second-order valence-electron chi connectivity index (χ2n) is 4.38. The Kier molecular flexibility index (Phi) is 4.68. The third-order valence-electron chi connectivity index (χ3n) is 3.04. The number of amides is 1. The number of rotatable bonds is 5. The topological polar surface area (TPSA) is 71.2 Å². The molecule has 3 N–H and O–H groups in total. The number of anilines is 1. The van der Waals surface area contributed by atoms with Crippen LogP contribution in [0.25, 0.3) is 0 Å². The first-order valence-electron chi connectivity index (χ1n) is 6.50. The van der Waals surface area contributed by atoms with E-state index in [0.717, 1.165) is 5.56 Å². The molecule has 0 saturated carbocycles. The van der Waals surface area contributed by atoms with Gasteiger partial charge in [-0.3, -0.25) is 4.79 Å². The van der Waals surface area contributed by atoms with Crippen molar-refractivity contribution >= 4 is 11.7 Å². The number of nitrogens with zero attached hydrogens (tertiary/aromatic N) is 2. The van der Waals surface area contributed by atoms with E-state index in [0.29, 0.717) is 24.5 Å². The molecule has 1 amide bonds. The van der Waals surface area contributed by atoms with E-state index in [4.69, 9.17) is 5.84 Å². The number of hydrogen-bond acceptors (Lipinski definition) is 4. The standard InChI is InChI=1S/C15H18N4O/c1-2-19(11-12-6-4-3-5-7-12)15(20)13-8-9-17-14(10-13)18-16/h3-10H,2,11,16H2,1H3,(H,17,18). The third-order valence-corrected chi connectivity index (χ3v) is 3.04. The van der Waals surface area contributed by atoms with Crippen molar-refractivity contribution in [2.24, 2.45) is 5.84 Å². The van der Waals surface area contributed by atoms with Crippen LogP contribution in [0.3, 0.4) is 0 Å². The van der Waals surface area contributed by atoms with E-state index in [1.807, 2.05) is 37.3 Å². The van der Waals surface area contributed by atoms with Gasteiger partial charge in [0.05, 0.1) is 0 Å². The molecular weight excluding hydrogens is 252 g/mol. The van der Waals surface area contributed by atoms with Crippen LogP contribution in [0.15, 0.2) is 48.7 Å². The van der Waals surface area contributed by atoms with Crippen LogP contribution < -0.4 is 11.3 Å². The number of carbonyl (C=O) groups is 1. The lowest BCUT2D eigenvalue weighted by molar-refractivity contribution is 0.0752. The van der Waals surface area contributed by atoms with Crippen LogP contribution in [0.2, 0.25) is 0 Å². The summed E-state index contributed by atoms with van der Waals surface area (Å²) in [5, 5.41) is 0. The van der Waals surface area contributed by atoms with Gasteiger partial charge in [-0.1, -0.05) is 30.3 Å². The Morgan fingerprint density at radius 1 is 1.30 bits per heavy atom. The van der Waals surface area contributed by atoms with Crippen molar-refractivity contribution in [3.8, 4) is 0 Å². The first-order chi connectivity index (χ1) is 9.74. The second-order valence-corrected chi connectivity index (χ2v) is 4.38. The van der Waals surface area contributed by atoms with E-state index in [1.165, 1.54) is 0 Å². The van der Waals surface area contributed by atoms with Gasteiger partial charge in [-0.25, -0.2) is 10.8 Å². The van der Waals surface area contributed by atoms with E-state index in [2.05, 4.69) is 10.4 Å². The molecule has 0 unspecified atom stereocenters. The highest BCUT2D eigenvalue weighted by Crippen LogP contribution is 2.12. The molecule has 0 fully saturated rings. The summed E-state index contributed by atoms with van der Waals surface area (Å²) in [7, 11) is 0. The molecule has 0 aliphatic heterocycles. The summed E-state index contributed by atoms with van der Waals surface area (Å²) in [5.74, 6) is 5.76. The van der Waals surface area contributed by atoms with Crippen molar-refractivity contribution in [1.29, 1.82) is 0 Å². The van der Waals surface area contributed by atoms with Crippen LogP contribution in [0.4, 0.5) is 5.82 Å². The Hall–Kier alpha value is -2.40. The van der Waals surface area contributed by atoms with Gasteiger partial charge in [-0.15, -0.1) is 0 Å². The lowest BCUT2D eigenvalue weighted by Gasteiger charge is -2.21. The monoisotopic (exact) mass is 270 g/mol. The van der Waals surface area contributed by atoms with Crippen molar-refractivity contribution in [3.63, 3.8) is 0 Å². The lowest BCUT2D eigenvalue weighted by atomic mass is 10.2. The summed E-state index contributed by atoms with van der Waals surface area (Å²) < 4.78 is 0. The van der Waals surface area contributed by atoms with Gasteiger partial charge in [0, 0.05) is 24.8 Å². The lowest BCUT2D eigenvalue weighted by Crippen LogP contribution is -2.30. The van der Waals surface area contributed by atoms with Crippen molar-refractivity contribution < 1.29 is 4.79 Å². The van der Waals surface area contributed by atoms with Gasteiger partial charge in [-0.2, -0.15) is 0 Å². The van der Waals surface area contributed by atoms with Crippen LogP contribution in [-0.4, -0.2) is 22.3 Å². The molecule has 1 aromatic heterocycles. The number of nitrogen functional groups attached to an aromatic ring is 1. The molecule has 0 bridgehead atoms. The molecular formula is C15H18N4O. The molecule has 0 radical (unpaired) electrons. The minimum absolute atomic E-state index is 0.0322. The van der Waals surface area contributed by atoms with E-state index in [1.54, 1.807) is 23.2 Å². The van der Waals surface area contributed by atoms with Gasteiger partial charge < -0.3 is 10.3 Å². The molecule has 5 heteroatoms. The maximum Gasteiger partial charge on any atom is 0.254 e. The molecule has 5 nitrogen and oxygen atoms in total. The Balaban J connectivity index is 2.16. The summed E-state index contributed by atoms with van der Waals surface area (Å²) in [6.07, 6.45) is 1.57. The van der Waals surface area contributed by atoms with Gasteiger partial charge in [0.2, 0.25) is 0 Å². The van der Waals surface area contributed by atoms with Crippen molar-refractivity contribution in [2.45, 2.75) is 13.5 Å². The molecule has 0 aliphatic carbocycles. The number of pyridine rings is 1. The number of nitrogens with one attached hydrogen (secondary N) is 1. The second kappa shape index (κ2) is 6.68. The Morgan fingerprint density at radius 3 is 2.70 bits per heavy atom. The smallest absolute Gasteiger partial charge is 0.254 e. The van der Waals surface area contributed by atoms with E-state index in [-0.39, 0.29) is 5.91 Å². The van der Waals surface area contributed by atoms with Crippen LogP contribution in [0, 0.1) is 0 Å². The Labute approximate surface area is 118 Å². The molecule has 104 valence electrons. The van der Waals surface area contributed by atoms with Crippen LogP contribution in [0.1, 0.15) is 22.8 Å². The fraction of sp³-hybridized carbons (Fsp3) is 0.200. The van der Waals surface area contributed by atoms with Crippen molar-refractivity contribution in [3.05, 3.63) is 59.8 Å². The zero-order chi connectivity index (χ0) is 14.4. The summed E-state index contributed by atoms with van der Waals surface area (Å²) in [4.78, 5) is 18.3. The number of hydrazine groups is 1. The largest absolute Gasteiger partial charge is 0.335 e. The summed E-state index contributed by atoms with van der Waals surface area (Å²) >= 11 is 0. The molecule has 2 rings (SSSR count). The maximum atomic E-state index is 12.5. The molecule has 1 heterocycles. The number of aromatic nitrogens is 1. The first-order valence-corrected chi connectivity index (χ1v) is 6.50. The predicted molar refractivity (Wildman–Crippen MR) is 78.9 cm³/mol. The number of nitrogens with two attached hydrogens (primary N) is 1. The maximum absolute atomic E-state index is 12.5. The zero-order valence-electron chi connectivity index (χ0n) is 11.4. The highest BCUT2D eigenvalue weighted by atomic mass is 16.2. The van der Waals surface area contributed by atoms with Gasteiger partial charge in [0.1, 0.15) is 5.82 Å². The minimum Gasteiger partial charge on any atom is -0.335 e. The average molecular weight is 270 g/mol. The molecule has 0 spiro atoms. The van der Waals surface area contributed by atoms with Crippen LogP contribution in [-0.2, 0) is 6.54 Å². The number of carbonyl (C=O) groups excluding carboxylic acids is 1. The zero-order valence-corrected chi connectivity index (χ0v) is 11.4. The van der Waals surface area contributed by atoms with E-state index < -0.39 is 0 Å². The highest BCUT2D eigenvalue weighted by Gasteiger charge is 2.15. The predicted octanol–water partition coefficient (Wildman–Crippen LogP) is 2.03. The van der Waals surface area contributed by atoms with Crippen molar-refractivity contribution in [2.75, 3.05) is 12.0 Å². The normalized spacial score (nSPS) is 10.1. The fourth-order valence-corrected chi connectivity index (χ4v) is 1.96. The molecule has 1 aromatic carbocycles. The minimum atomic E-state index is -0.0322. The SMILES string of the molecule is CCN(Cc1ccccc1)C(=O)c1ccnc(NN)c1. The van der Waals surface area contributed by atoms with Gasteiger partial charge in [-0.05, 0) is 24.6 Å². The molecule has 20 heavy (non-hydrogen) atoms. The Morgan fingerprint density at radius 2 is 2.05 bits per heavy atom. The van der Waals surface area contributed by atoms with Crippen LogP contribution in [0.5, 0.6) is 0 Å². The quantitative estimate of drug-likeness (QED) is 0.644. The molecule has 0 saturated heterocycles. The molecule has 0 aliphatic rings. The number of hydrogen-bond donors (Lipinski definition) is 2. The first kappa shape index (κ1) is 14.0. The summed E-state index contributed by atoms with van der Waals surface area (Å²) in [6, 6.07) is 13.3. The van der Waals surface area contributed by atoms with Gasteiger partial charge in [0.25, 0.3) is 5.91 Å².